The first-order chi connectivity index (χ1) is 20.9. The second kappa shape index (κ2) is 11.2. The van der Waals surface area contributed by atoms with Crippen LogP contribution in [0.1, 0.15) is 12.5 Å². The number of nitrogens with two attached hydrogens (primary N) is 2. The molecule has 2 bridgehead atoms. The van der Waals surface area contributed by atoms with Gasteiger partial charge in [0.15, 0.2) is 18.1 Å². The van der Waals surface area contributed by atoms with Crippen molar-refractivity contribution in [1.82, 2.24) is 29.1 Å². The fourth-order valence-corrected chi connectivity index (χ4v) is 8.40. The Balaban J connectivity index is 1.20. The standard InChI is InChI=1S/C22H26N8O10P2S2/c23-10-1-3-25-20-13(10)28-8-30(20)21-15(32)16-12(38-21)6-36-42(34,44)40-17-14(31)11(5-35-41(33,43)39-16)37-22(17)29-4-2-9-18(24)26-7-27-19(9)29/h1-4,7-8,11-12,14-17,21-22,31-32H,5-6H2,(H2,23,25)(H,33,43)(H,34,44)(H2,24,26,27)/t11-,12-,14-,15-,16-,17-,21-,22-,41?,42?/m1/s1. The third kappa shape index (κ3) is 5.32. The maximum Gasteiger partial charge on any atom is 0.386 e. The molecule has 3 saturated heterocycles. The molecule has 44 heavy (non-hydrogen) atoms. The number of nitrogen functional groups attached to an aromatic ring is 2. The minimum absolute atomic E-state index is 0.206. The van der Waals surface area contributed by atoms with Crippen LogP contribution in [0.2, 0.25) is 0 Å². The van der Waals surface area contributed by atoms with Crippen molar-refractivity contribution in [3.8, 4) is 0 Å². The van der Waals surface area contributed by atoms with E-state index in [0.717, 1.165) is 0 Å². The van der Waals surface area contributed by atoms with Gasteiger partial charge in [-0.3, -0.25) is 22.7 Å². The predicted molar refractivity (Wildman–Crippen MR) is 159 cm³/mol. The number of ether oxygens (including phenoxy) is 2. The highest BCUT2D eigenvalue weighted by molar-refractivity contribution is 8.44. The number of hydrogen-bond acceptors (Lipinski definition) is 16. The first-order valence-electron chi connectivity index (χ1n) is 13.0. The Bertz CT molecular complexity index is 1830. The van der Waals surface area contributed by atoms with Crippen molar-refractivity contribution in [2.24, 2.45) is 0 Å². The van der Waals surface area contributed by atoms with E-state index in [-0.39, 0.29) is 5.82 Å². The largest absolute Gasteiger partial charge is 0.397 e. The smallest absolute Gasteiger partial charge is 0.386 e. The lowest BCUT2D eigenvalue weighted by Crippen LogP contribution is -2.35. The van der Waals surface area contributed by atoms with Gasteiger partial charge in [0.1, 0.15) is 59.9 Å². The van der Waals surface area contributed by atoms with Crippen LogP contribution in [0.15, 0.2) is 37.2 Å². The van der Waals surface area contributed by atoms with Crippen molar-refractivity contribution < 1.29 is 46.9 Å². The van der Waals surface area contributed by atoms with Crippen LogP contribution in [0.3, 0.4) is 0 Å². The maximum atomic E-state index is 13.5. The Morgan fingerprint density at radius 2 is 1.55 bits per heavy atom. The number of imidazole rings is 1. The Morgan fingerprint density at radius 3 is 2.32 bits per heavy atom. The molecule has 0 saturated carbocycles. The number of pyridine rings is 1. The normalized spacial score (nSPS) is 38.3. The second-order valence-corrected chi connectivity index (χ2v) is 16.0. The number of nitrogens with zero attached hydrogens (tertiary/aromatic N) is 6. The molecule has 6 N–H and O–H groups in total. The van der Waals surface area contributed by atoms with Gasteiger partial charge in [-0.15, -0.1) is 0 Å². The van der Waals surface area contributed by atoms with Gasteiger partial charge in [-0.2, -0.15) is 0 Å². The van der Waals surface area contributed by atoms with Crippen LogP contribution in [-0.2, 0) is 36.7 Å². The first kappa shape index (κ1) is 30.3. The highest BCUT2D eigenvalue weighted by Gasteiger charge is 2.53. The third-order valence-electron chi connectivity index (χ3n) is 7.52. The molecule has 4 aromatic heterocycles. The van der Waals surface area contributed by atoms with Crippen molar-refractivity contribution in [1.29, 1.82) is 0 Å². The van der Waals surface area contributed by atoms with Crippen molar-refractivity contribution in [3.05, 3.63) is 37.2 Å². The lowest BCUT2D eigenvalue weighted by atomic mass is 10.1. The van der Waals surface area contributed by atoms with Gasteiger partial charge in [-0.1, -0.05) is 24.5 Å². The zero-order valence-corrected chi connectivity index (χ0v) is 25.9. The van der Waals surface area contributed by atoms with Crippen LogP contribution >= 0.6 is 38.1 Å². The maximum absolute atomic E-state index is 13.5. The number of aliphatic hydroxyl groups excluding tert-OH is 2. The molecular formula is C22H26N8O10P2S2. The van der Waals surface area contributed by atoms with E-state index in [1.165, 1.54) is 28.0 Å². The van der Waals surface area contributed by atoms with Crippen molar-refractivity contribution in [2.75, 3.05) is 24.7 Å². The van der Waals surface area contributed by atoms with Gasteiger partial charge in [0, 0.05) is 12.4 Å². The summed E-state index contributed by atoms with van der Waals surface area (Å²) < 4.78 is 64.4. The second-order valence-electron chi connectivity index (χ2n) is 10.2. The fraction of sp³-hybridized carbons (Fsp3) is 0.455. The van der Waals surface area contributed by atoms with Gasteiger partial charge in [0.2, 0.25) is 0 Å². The van der Waals surface area contributed by atoms with E-state index < -0.39 is 75.9 Å². The van der Waals surface area contributed by atoms with Crippen molar-refractivity contribution >= 4 is 71.8 Å². The highest BCUT2D eigenvalue weighted by Crippen LogP contribution is 2.60. The predicted octanol–water partition coefficient (Wildman–Crippen LogP) is 1.45. The summed E-state index contributed by atoms with van der Waals surface area (Å²) in [5, 5.41) is 22.9. The number of aliphatic hydroxyl groups is 2. The molecular weight excluding hydrogens is 662 g/mol. The molecule has 0 aromatic carbocycles. The topological polar surface area (TPSA) is 243 Å². The molecule has 3 fully saturated rings. The minimum Gasteiger partial charge on any atom is -0.397 e. The molecule has 18 nitrogen and oxygen atoms in total. The molecule has 3 aliphatic heterocycles. The van der Waals surface area contributed by atoms with E-state index in [1.807, 2.05) is 0 Å². The van der Waals surface area contributed by atoms with Crippen LogP contribution in [-0.4, -0.2) is 89.1 Å². The monoisotopic (exact) mass is 688 g/mol. The quantitative estimate of drug-likeness (QED) is 0.129. The molecule has 3 aliphatic rings. The van der Waals surface area contributed by atoms with Gasteiger partial charge < -0.3 is 35.7 Å². The molecule has 7 rings (SSSR count). The van der Waals surface area contributed by atoms with E-state index in [4.69, 9.17) is 39.0 Å². The van der Waals surface area contributed by atoms with E-state index >= 15 is 0 Å². The SMILES string of the molecule is Nc1ncnc2c1ccn2[C@@H]1O[C@@H]2COP(=O)(S)O[C@H]3[C@@H](O)[C@H](n4cnc5c(N)ccnc54)O[C@@H]3COP(=O)(S)O[C@@H]1[C@@H]2O. The van der Waals surface area contributed by atoms with Crippen molar-refractivity contribution in [3.63, 3.8) is 0 Å². The van der Waals surface area contributed by atoms with E-state index in [1.54, 1.807) is 18.3 Å². The van der Waals surface area contributed by atoms with Gasteiger partial charge >= 0.3 is 13.6 Å². The van der Waals surface area contributed by atoms with Crippen LogP contribution in [0.25, 0.3) is 22.2 Å². The first-order valence-corrected chi connectivity index (χ1v) is 18.4. The summed E-state index contributed by atoms with van der Waals surface area (Å²) in [5.41, 5.74) is 13.3. The molecule has 0 spiro atoms. The van der Waals surface area contributed by atoms with E-state index in [9.17, 15) is 19.3 Å². The minimum atomic E-state index is -4.28. The fourth-order valence-electron chi connectivity index (χ4n) is 5.45. The van der Waals surface area contributed by atoms with E-state index in [2.05, 4.69) is 44.4 Å². The molecule has 7 heterocycles. The van der Waals surface area contributed by atoms with Crippen LogP contribution in [0.5, 0.6) is 0 Å². The number of hydrogen-bond donors (Lipinski definition) is 6. The van der Waals surface area contributed by atoms with Crippen LogP contribution in [0.4, 0.5) is 11.5 Å². The summed E-state index contributed by atoms with van der Waals surface area (Å²) in [4.78, 5) is 16.7. The Morgan fingerprint density at radius 1 is 0.841 bits per heavy atom. The van der Waals surface area contributed by atoms with Crippen LogP contribution < -0.4 is 11.5 Å². The summed E-state index contributed by atoms with van der Waals surface area (Å²) in [5.74, 6) is 0.206. The van der Waals surface area contributed by atoms with Crippen LogP contribution in [0, 0.1) is 0 Å². The Kier molecular flexibility index (Phi) is 7.71. The summed E-state index contributed by atoms with van der Waals surface area (Å²) in [6, 6.07) is 3.20. The Labute approximate surface area is 258 Å². The third-order valence-corrected chi connectivity index (χ3v) is 10.7. The average Bonchev–Trinajstić information content (AvgIpc) is 3.73. The summed E-state index contributed by atoms with van der Waals surface area (Å²) >= 11 is 8.21. The molecule has 10 atom stereocenters. The van der Waals surface area contributed by atoms with Gasteiger partial charge in [0.25, 0.3) is 0 Å². The average molecular weight is 689 g/mol. The zero-order valence-electron chi connectivity index (χ0n) is 22.3. The molecule has 236 valence electrons. The van der Waals surface area contributed by atoms with Gasteiger partial charge in [-0.25, -0.2) is 29.1 Å². The number of aromatic nitrogens is 6. The Hall–Kier alpha value is -2.32. The highest BCUT2D eigenvalue weighted by atomic mass is 32.7. The van der Waals surface area contributed by atoms with Crippen molar-refractivity contribution in [2.45, 2.75) is 49.1 Å². The van der Waals surface area contributed by atoms with E-state index in [0.29, 0.717) is 27.9 Å². The molecule has 0 amide bonds. The molecule has 4 aromatic rings. The zero-order chi connectivity index (χ0) is 31.0. The number of fused-ring (bicyclic) bond motifs is 5. The molecule has 2 unspecified atom stereocenters. The molecule has 0 aliphatic carbocycles. The molecule has 0 radical (unpaired) electrons. The number of anilines is 2. The van der Waals surface area contributed by atoms with Gasteiger partial charge in [0.05, 0.1) is 30.6 Å². The van der Waals surface area contributed by atoms with Gasteiger partial charge in [-0.05, 0) is 12.1 Å². The number of rotatable bonds is 2. The summed E-state index contributed by atoms with van der Waals surface area (Å²) in [6.45, 7) is -9.57. The number of thiol groups is 2. The molecule has 22 heteroatoms. The summed E-state index contributed by atoms with van der Waals surface area (Å²) in [6.07, 6.45) is -4.69. The lowest BCUT2D eigenvalue weighted by molar-refractivity contribution is -0.0574. The lowest BCUT2D eigenvalue weighted by Gasteiger charge is -2.26. The summed E-state index contributed by atoms with van der Waals surface area (Å²) in [7, 11) is 0.